The Labute approximate surface area is 129 Å². The van der Waals surface area contributed by atoms with Gasteiger partial charge in [0, 0.05) is 31.1 Å². The summed E-state index contributed by atoms with van der Waals surface area (Å²) >= 11 is 0. The van der Waals surface area contributed by atoms with Gasteiger partial charge in [0.2, 0.25) is 0 Å². The van der Waals surface area contributed by atoms with Crippen molar-refractivity contribution in [3.63, 3.8) is 0 Å². The van der Waals surface area contributed by atoms with Gasteiger partial charge in [-0.15, -0.1) is 0 Å². The minimum atomic E-state index is 0.568. The van der Waals surface area contributed by atoms with Crippen LogP contribution in [0.15, 0.2) is 0 Å². The number of nitrogens with one attached hydrogen (secondary N) is 1. The molecule has 0 saturated carbocycles. The Bertz CT molecular complexity index is 472. The predicted octanol–water partition coefficient (Wildman–Crippen LogP) is 3.79. The molecule has 0 amide bonds. The predicted molar refractivity (Wildman–Crippen MR) is 90.1 cm³/mol. The average Bonchev–Trinajstić information content (AvgIpc) is 2.49. The molecule has 1 N–H and O–H groups in total. The van der Waals surface area contributed by atoms with Gasteiger partial charge in [0.15, 0.2) is 0 Å². The summed E-state index contributed by atoms with van der Waals surface area (Å²) in [6.45, 7) is 13.2. The van der Waals surface area contributed by atoms with E-state index in [-0.39, 0.29) is 0 Å². The van der Waals surface area contributed by atoms with Crippen molar-refractivity contribution < 1.29 is 0 Å². The molecule has 4 nitrogen and oxygen atoms in total. The highest BCUT2D eigenvalue weighted by atomic mass is 15.2. The summed E-state index contributed by atoms with van der Waals surface area (Å²) in [5.74, 6) is 3.84. The lowest BCUT2D eigenvalue weighted by atomic mass is 9.95. The zero-order valence-electron chi connectivity index (χ0n) is 14.2. The maximum absolute atomic E-state index is 4.84. The Morgan fingerprint density at radius 1 is 1.19 bits per heavy atom. The molecule has 0 spiro atoms. The van der Waals surface area contributed by atoms with E-state index in [0.29, 0.717) is 6.04 Å². The maximum Gasteiger partial charge on any atom is 0.137 e. The monoisotopic (exact) mass is 290 g/mol. The summed E-state index contributed by atoms with van der Waals surface area (Å²) in [4.78, 5) is 12.0. The molecular weight excluding hydrogens is 260 g/mol. The van der Waals surface area contributed by atoms with E-state index in [1.54, 1.807) is 0 Å². The number of anilines is 2. The van der Waals surface area contributed by atoms with Crippen molar-refractivity contribution in [2.75, 3.05) is 23.3 Å². The molecule has 0 bridgehead atoms. The largest absolute Gasteiger partial charge is 0.370 e. The fourth-order valence-corrected chi connectivity index (χ4v) is 2.99. The first kappa shape index (κ1) is 16.1. The van der Waals surface area contributed by atoms with Crippen molar-refractivity contribution >= 4 is 11.6 Å². The van der Waals surface area contributed by atoms with E-state index >= 15 is 0 Å². The Morgan fingerprint density at radius 2 is 1.95 bits per heavy atom. The van der Waals surface area contributed by atoms with Crippen molar-refractivity contribution in [3.05, 3.63) is 11.4 Å². The first-order valence-corrected chi connectivity index (χ1v) is 8.44. The zero-order chi connectivity index (χ0) is 15.4. The maximum atomic E-state index is 4.84. The van der Waals surface area contributed by atoms with Crippen LogP contribution < -0.4 is 10.2 Å². The molecule has 1 aliphatic rings. The van der Waals surface area contributed by atoms with Gasteiger partial charge in [-0.05, 0) is 39.0 Å². The van der Waals surface area contributed by atoms with Crippen LogP contribution in [0.5, 0.6) is 0 Å². The van der Waals surface area contributed by atoms with Crippen LogP contribution in [0.4, 0.5) is 11.6 Å². The van der Waals surface area contributed by atoms with Crippen molar-refractivity contribution in [3.8, 4) is 0 Å². The van der Waals surface area contributed by atoms with E-state index in [2.05, 4.69) is 49.8 Å². The number of nitrogens with zero attached hydrogens (tertiary/aromatic N) is 3. The van der Waals surface area contributed by atoms with Crippen LogP contribution >= 0.6 is 0 Å². The molecular formula is C17H30N4. The Balaban J connectivity index is 2.36. The third-order valence-corrected chi connectivity index (χ3v) is 4.41. The van der Waals surface area contributed by atoms with E-state index in [0.717, 1.165) is 49.3 Å². The molecule has 1 aliphatic heterocycles. The lowest BCUT2D eigenvalue weighted by Crippen LogP contribution is -2.42. The second-order valence-electron chi connectivity index (χ2n) is 6.40. The van der Waals surface area contributed by atoms with Crippen LogP contribution in [-0.2, 0) is 6.42 Å². The molecule has 1 aromatic rings. The summed E-state index contributed by atoms with van der Waals surface area (Å²) in [7, 11) is 0. The van der Waals surface area contributed by atoms with E-state index in [4.69, 9.17) is 4.98 Å². The van der Waals surface area contributed by atoms with Crippen LogP contribution in [0.1, 0.15) is 58.3 Å². The number of rotatable bonds is 5. The molecule has 0 aliphatic carbocycles. The SMILES string of the molecule is CCCNc1nc(CC)nc(N2CC(C)CCC2C)c1C. The number of piperidine rings is 1. The van der Waals surface area contributed by atoms with Crippen LogP contribution in [0, 0.1) is 12.8 Å². The molecule has 2 atom stereocenters. The molecule has 0 aromatic carbocycles. The van der Waals surface area contributed by atoms with Gasteiger partial charge in [-0.2, -0.15) is 0 Å². The van der Waals surface area contributed by atoms with Gasteiger partial charge in [-0.3, -0.25) is 0 Å². The molecule has 21 heavy (non-hydrogen) atoms. The van der Waals surface area contributed by atoms with Crippen molar-refractivity contribution in [2.24, 2.45) is 5.92 Å². The Morgan fingerprint density at radius 3 is 2.62 bits per heavy atom. The van der Waals surface area contributed by atoms with Crippen LogP contribution in [0.25, 0.3) is 0 Å². The highest BCUT2D eigenvalue weighted by Crippen LogP contribution is 2.31. The topological polar surface area (TPSA) is 41.1 Å². The molecule has 1 aromatic heterocycles. The van der Waals surface area contributed by atoms with E-state index in [9.17, 15) is 0 Å². The van der Waals surface area contributed by atoms with Gasteiger partial charge >= 0.3 is 0 Å². The summed E-state index contributed by atoms with van der Waals surface area (Å²) in [6.07, 6.45) is 4.57. The highest BCUT2D eigenvalue weighted by molar-refractivity contribution is 5.59. The van der Waals surface area contributed by atoms with Crippen molar-refractivity contribution in [1.82, 2.24) is 9.97 Å². The van der Waals surface area contributed by atoms with Gasteiger partial charge in [-0.25, -0.2) is 9.97 Å². The molecule has 2 unspecified atom stereocenters. The number of hydrogen-bond donors (Lipinski definition) is 1. The zero-order valence-corrected chi connectivity index (χ0v) is 14.2. The number of hydrogen-bond acceptors (Lipinski definition) is 4. The summed E-state index contributed by atoms with van der Waals surface area (Å²) in [5.41, 5.74) is 1.20. The summed E-state index contributed by atoms with van der Waals surface area (Å²) in [5, 5.41) is 3.47. The van der Waals surface area contributed by atoms with Crippen LogP contribution in [-0.4, -0.2) is 29.1 Å². The Hall–Kier alpha value is -1.32. The minimum absolute atomic E-state index is 0.568. The molecule has 1 fully saturated rings. The molecule has 2 rings (SSSR count). The fraction of sp³-hybridized carbons (Fsp3) is 0.765. The third-order valence-electron chi connectivity index (χ3n) is 4.41. The van der Waals surface area contributed by atoms with Gasteiger partial charge in [0.1, 0.15) is 17.5 Å². The molecule has 0 radical (unpaired) electrons. The third kappa shape index (κ3) is 3.66. The van der Waals surface area contributed by atoms with Gasteiger partial charge in [0.05, 0.1) is 0 Å². The highest BCUT2D eigenvalue weighted by Gasteiger charge is 2.26. The first-order valence-electron chi connectivity index (χ1n) is 8.44. The number of aryl methyl sites for hydroxylation is 1. The van der Waals surface area contributed by atoms with Gasteiger partial charge in [-0.1, -0.05) is 20.8 Å². The smallest absolute Gasteiger partial charge is 0.137 e. The van der Waals surface area contributed by atoms with Gasteiger partial charge in [0.25, 0.3) is 0 Å². The molecule has 4 heteroatoms. The van der Waals surface area contributed by atoms with E-state index in [1.807, 2.05) is 0 Å². The summed E-state index contributed by atoms with van der Waals surface area (Å²) < 4.78 is 0. The second kappa shape index (κ2) is 7.10. The standard InChI is InChI=1S/C17H30N4/c1-6-10-18-16-14(5)17(20-15(7-2)19-16)21-11-12(3)8-9-13(21)4/h12-13H,6-11H2,1-5H3,(H,18,19,20). The fourth-order valence-electron chi connectivity index (χ4n) is 2.99. The van der Waals surface area contributed by atoms with Crippen molar-refractivity contribution in [2.45, 2.75) is 66.3 Å². The van der Waals surface area contributed by atoms with E-state index < -0.39 is 0 Å². The molecule has 118 valence electrons. The van der Waals surface area contributed by atoms with Crippen molar-refractivity contribution in [1.29, 1.82) is 0 Å². The van der Waals surface area contributed by atoms with Gasteiger partial charge < -0.3 is 10.2 Å². The molecule has 2 heterocycles. The van der Waals surface area contributed by atoms with Crippen LogP contribution in [0.3, 0.4) is 0 Å². The lowest BCUT2D eigenvalue weighted by Gasteiger charge is -2.38. The minimum Gasteiger partial charge on any atom is -0.370 e. The Kier molecular flexibility index (Phi) is 5.43. The quantitative estimate of drug-likeness (QED) is 0.895. The van der Waals surface area contributed by atoms with Crippen LogP contribution in [0.2, 0.25) is 0 Å². The molecule has 1 saturated heterocycles. The lowest BCUT2D eigenvalue weighted by molar-refractivity contribution is 0.387. The van der Waals surface area contributed by atoms with E-state index in [1.165, 1.54) is 18.4 Å². The first-order chi connectivity index (χ1) is 10.1. The second-order valence-corrected chi connectivity index (χ2v) is 6.40. The average molecular weight is 290 g/mol. The summed E-state index contributed by atoms with van der Waals surface area (Å²) in [6, 6.07) is 0.568. The normalized spacial score (nSPS) is 22.4. The number of aromatic nitrogens is 2.